The quantitative estimate of drug-likeness (QED) is 0.801. The Balaban J connectivity index is 1.53. The van der Waals surface area contributed by atoms with Gasteiger partial charge in [0.1, 0.15) is 6.10 Å². The van der Waals surface area contributed by atoms with E-state index in [1.54, 1.807) is 16.8 Å². The van der Waals surface area contributed by atoms with E-state index >= 15 is 0 Å². The number of nitrogens with zero attached hydrogens (tertiary/aromatic N) is 1. The van der Waals surface area contributed by atoms with Crippen molar-refractivity contribution in [2.75, 3.05) is 6.61 Å². The normalized spacial score (nSPS) is 31.2. The predicted molar refractivity (Wildman–Crippen MR) is 76.6 cm³/mol. The van der Waals surface area contributed by atoms with Gasteiger partial charge in [0.05, 0.1) is 23.7 Å². The molecule has 0 spiro atoms. The first-order chi connectivity index (χ1) is 9.59. The summed E-state index contributed by atoms with van der Waals surface area (Å²) in [4.78, 5) is 16.2. The van der Waals surface area contributed by atoms with Gasteiger partial charge in [-0.15, -0.1) is 11.3 Å². The van der Waals surface area contributed by atoms with Crippen LogP contribution in [0.1, 0.15) is 38.8 Å². The van der Waals surface area contributed by atoms with E-state index in [9.17, 15) is 4.79 Å². The summed E-state index contributed by atoms with van der Waals surface area (Å²) in [6.45, 7) is 5.12. The zero-order chi connectivity index (χ0) is 14.2. The van der Waals surface area contributed by atoms with Crippen molar-refractivity contribution in [3.63, 3.8) is 0 Å². The molecule has 0 amide bonds. The van der Waals surface area contributed by atoms with Crippen LogP contribution in [0.4, 0.5) is 0 Å². The minimum absolute atomic E-state index is 0.00994. The van der Waals surface area contributed by atoms with E-state index in [1.165, 1.54) is 0 Å². The van der Waals surface area contributed by atoms with Crippen LogP contribution >= 0.6 is 11.3 Å². The van der Waals surface area contributed by atoms with E-state index in [4.69, 9.17) is 9.47 Å². The van der Waals surface area contributed by atoms with Crippen LogP contribution in [0.25, 0.3) is 0 Å². The second kappa shape index (κ2) is 5.45. The number of carbonyl (C=O) groups excluding carboxylic acids is 1. The lowest BCUT2D eigenvalue weighted by Crippen LogP contribution is -2.65. The zero-order valence-electron chi connectivity index (χ0n) is 12.0. The van der Waals surface area contributed by atoms with Gasteiger partial charge in [0, 0.05) is 29.7 Å². The molecule has 110 valence electrons. The number of hydrogen-bond donors (Lipinski definition) is 0. The molecule has 4 nitrogen and oxygen atoms in total. The van der Waals surface area contributed by atoms with Gasteiger partial charge in [0.15, 0.2) is 0 Å². The van der Waals surface area contributed by atoms with Crippen LogP contribution in [0.15, 0.2) is 10.9 Å². The molecule has 1 saturated heterocycles. The molecule has 1 aromatic heterocycles. The molecule has 0 aromatic carbocycles. The Morgan fingerprint density at radius 3 is 3.20 bits per heavy atom. The number of carbonyl (C=O) groups is 1. The summed E-state index contributed by atoms with van der Waals surface area (Å²) in [7, 11) is 0. The number of aromatic nitrogens is 1. The van der Waals surface area contributed by atoms with Crippen molar-refractivity contribution < 1.29 is 14.3 Å². The number of ether oxygens (including phenoxy) is 2. The number of thiazole rings is 1. The van der Waals surface area contributed by atoms with Gasteiger partial charge in [-0.05, 0) is 12.8 Å². The predicted octanol–water partition coefficient (Wildman–Crippen LogP) is 2.82. The van der Waals surface area contributed by atoms with Gasteiger partial charge >= 0.3 is 5.97 Å². The number of rotatable bonds is 4. The first-order valence-corrected chi connectivity index (χ1v) is 8.21. The third kappa shape index (κ3) is 2.49. The summed E-state index contributed by atoms with van der Waals surface area (Å²) >= 11 is 1.56. The molecule has 1 aliphatic heterocycles. The fourth-order valence-electron chi connectivity index (χ4n) is 3.51. The Bertz CT molecular complexity index is 471. The Kier molecular flexibility index (Phi) is 3.82. The number of aryl methyl sites for hydroxylation is 1. The topological polar surface area (TPSA) is 48.4 Å². The fraction of sp³-hybridized carbons (Fsp3) is 0.733. The van der Waals surface area contributed by atoms with Gasteiger partial charge in [-0.2, -0.15) is 0 Å². The van der Waals surface area contributed by atoms with E-state index < -0.39 is 0 Å². The summed E-state index contributed by atoms with van der Waals surface area (Å²) < 4.78 is 11.5. The summed E-state index contributed by atoms with van der Waals surface area (Å²) in [6, 6.07) is 0. The highest BCUT2D eigenvalue weighted by molar-refractivity contribution is 7.07. The summed E-state index contributed by atoms with van der Waals surface area (Å²) in [5.41, 5.74) is 2.71. The molecule has 1 saturated carbocycles. The lowest BCUT2D eigenvalue weighted by Gasteiger charge is -2.58. The van der Waals surface area contributed by atoms with Gasteiger partial charge in [0.2, 0.25) is 0 Å². The molecule has 2 heterocycles. The van der Waals surface area contributed by atoms with E-state index in [2.05, 4.69) is 18.8 Å². The Labute approximate surface area is 123 Å². The largest absolute Gasteiger partial charge is 0.461 e. The Morgan fingerprint density at radius 1 is 1.60 bits per heavy atom. The number of fused-ring (bicyclic) bond motifs is 1. The summed E-state index contributed by atoms with van der Waals surface area (Å²) in [6.07, 6.45) is 3.53. The third-order valence-electron chi connectivity index (χ3n) is 4.55. The van der Waals surface area contributed by atoms with Crippen molar-refractivity contribution in [1.29, 1.82) is 0 Å². The average molecular weight is 295 g/mol. The molecule has 3 unspecified atom stereocenters. The molecular weight excluding hydrogens is 274 g/mol. The number of hydrogen-bond acceptors (Lipinski definition) is 5. The highest BCUT2D eigenvalue weighted by atomic mass is 32.1. The molecular formula is C15H21NO3S. The summed E-state index contributed by atoms with van der Waals surface area (Å²) in [5.74, 6) is 0.280. The maximum Gasteiger partial charge on any atom is 0.306 e. The van der Waals surface area contributed by atoms with Crippen LogP contribution in [0.3, 0.4) is 0 Å². The van der Waals surface area contributed by atoms with Gasteiger partial charge in [0.25, 0.3) is 0 Å². The lowest BCUT2D eigenvalue weighted by molar-refractivity contribution is -0.254. The van der Waals surface area contributed by atoms with Crippen LogP contribution in [-0.4, -0.2) is 29.8 Å². The first kappa shape index (κ1) is 14.0. The van der Waals surface area contributed by atoms with Crippen LogP contribution in [0.5, 0.6) is 0 Å². The molecule has 1 aliphatic carbocycles. The maximum atomic E-state index is 12.0. The van der Waals surface area contributed by atoms with E-state index in [1.807, 2.05) is 5.38 Å². The minimum Gasteiger partial charge on any atom is -0.461 e. The van der Waals surface area contributed by atoms with Crippen molar-refractivity contribution in [1.82, 2.24) is 4.98 Å². The molecule has 2 fully saturated rings. The van der Waals surface area contributed by atoms with E-state index in [0.29, 0.717) is 18.8 Å². The van der Waals surface area contributed by atoms with Gasteiger partial charge < -0.3 is 9.47 Å². The number of esters is 1. The SMILES string of the molecule is CC1(C)C2OCCCC2C1OC(=O)CCc1cscn1. The molecule has 3 rings (SSSR count). The van der Waals surface area contributed by atoms with Crippen molar-refractivity contribution in [3.05, 3.63) is 16.6 Å². The van der Waals surface area contributed by atoms with Crippen molar-refractivity contribution in [3.8, 4) is 0 Å². The standard InChI is InChI=1S/C15H21NO3S/c1-15(2)13-11(4-3-7-18-13)14(15)19-12(17)6-5-10-8-20-9-16-10/h8-9,11,13-14H,3-7H2,1-2H3. The molecule has 5 heteroatoms. The highest BCUT2D eigenvalue weighted by Gasteiger charge is 2.60. The van der Waals surface area contributed by atoms with Gasteiger partial charge in [-0.25, -0.2) is 4.98 Å². The van der Waals surface area contributed by atoms with Crippen molar-refractivity contribution in [2.45, 2.75) is 51.7 Å². The molecule has 2 aliphatic rings. The van der Waals surface area contributed by atoms with Gasteiger partial charge in [-0.3, -0.25) is 4.79 Å². The highest BCUT2D eigenvalue weighted by Crippen LogP contribution is 2.52. The third-order valence-corrected chi connectivity index (χ3v) is 5.19. The van der Waals surface area contributed by atoms with Gasteiger partial charge in [-0.1, -0.05) is 13.8 Å². The second-order valence-electron chi connectivity index (χ2n) is 6.31. The first-order valence-electron chi connectivity index (χ1n) is 7.27. The van der Waals surface area contributed by atoms with Crippen LogP contribution in [0, 0.1) is 11.3 Å². The zero-order valence-corrected chi connectivity index (χ0v) is 12.8. The molecule has 0 bridgehead atoms. The molecule has 0 N–H and O–H groups in total. The van der Waals surface area contributed by atoms with Crippen LogP contribution in [0.2, 0.25) is 0 Å². The van der Waals surface area contributed by atoms with Crippen molar-refractivity contribution >= 4 is 17.3 Å². The van der Waals surface area contributed by atoms with Crippen molar-refractivity contribution in [2.24, 2.45) is 11.3 Å². The Hall–Kier alpha value is -0.940. The van der Waals surface area contributed by atoms with E-state index in [0.717, 1.165) is 25.1 Å². The summed E-state index contributed by atoms with van der Waals surface area (Å²) in [5, 5.41) is 1.98. The fourth-order valence-corrected chi connectivity index (χ4v) is 4.10. The second-order valence-corrected chi connectivity index (χ2v) is 7.03. The average Bonchev–Trinajstić information content (AvgIpc) is 2.96. The van der Waals surface area contributed by atoms with Crippen LogP contribution < -0.4 is 0 Å². The smallest absolute Gasteiger partial charge is 0.306 e. The minimum atomic E-state index is -0.111. The molecule has 0 radical (unpaired) electrons. The molecule has 1 aromatic rings. The van der Waals surface area contributed by atoms with Crippen LogP contribution in [-0.2, 0) is 20.7 Å². The molecule has 20 heavy (non-hydrogen) atoms. The monoisotopic (exact) mass is 295 g/mol. The lowest BCUT2D eigenvalue weighted by atomic mass is 9.57. The van der Waals surface area contributed by atoms with E-state index in [-0.39, 0.29) is 23.6 Å². The molecule has 3 atom stereocenters. The Morgan fingerprint density at radius 2 is 2.45 bits per heavy atom. The maximum absolute atomic E-state index is 12.0.